The fourth-order valence-electron chi connectivity index (χ4n) is 6.22. The summed E-state index contributed by atoms with van der Waals surface area (Å²) < 4.78 is 6.12. The van der Waals surface area contributed by atoms with Gasteiger partial charge in [0.15, 0.2) is 0 Å². The first kappa shape index (κ1) is 32.2. The molecule has 3 aromatic rings. The number of halogens is 2. The summed E-state index contributed by atoms with van der Waals surface area (Å²) in [6.45, 7) is 13.5. The lowest BCUT2D eigenvalue weighted by Crippen LogP contribution is -2.59. The Bertz CT molecular complexity index is 1540. The van der Waals surface area contributed by atoms with Gasteiger partial charge >= 0.3 is 6.03 Å². The molecule has 0 radical (unpaired) electrons. The summed E-state index contributed by atoms with van der Waals surface area (Å²) in [6.07, 6.45) is 3.39. The molecule has 10 heteroatoms. The van der Waals surface area contributed by atoms with Crippen molar-refractivity contribution in [1.29, 1.82) is 0 Å². The number of nitrogens with zero attached hydrogens (tertiary/aromatic N) is 5. The van der Waals surface area contributed by atoms with E-state index in [1.54, 1.807) is 11.1 Å². The third-order valence-electron chi connectivity index (χ3n) is 8.93. The number of aromatic nitrogens is 2. The molecule has 0 aliphatic carbocycles. The molecule has 0 saturated carbocycles. The zero-order valence-corrected chi connectivity index (χ0v) is 27.8. The highest BCUT2D eigenvalue weighted by molar-refractivity contribution is 6.30. The predicted molar refractivity (Wildman–Crippen MR) is 175 cm³/mol. The number of hydrogen-bond donors (Lipinski definition) is 1. The summed E-state index contributed by atoms with van der Waals surface area (Å²) in [7, 11) is 0. The lowest BCUT2D eigenvalue weighted by Gasteiger charge is -2.47. The van der Waals surface area contributed by atoms with Gasteiger partial charge in [-0.1, -0.05) is 68.2 Å². The van der Waals surface area contributed by atoms with E-state index >= 15 is 0 Å². The molecule has 1 unspecified atom stereocenters. The molecule has 44 heavy (non-hydrogen) atoms. The van der Waals surface area contributed by atoms with Gasteiger partial charge in [-0.05, 0) is 74.9 Å². The van der Waals surface area contributed by atoms with Crippen LogP contribution in [-0.2, 0) is 16.5 Å². The van der Waals surface area contributed by atoms with Gasteiger partial charge in [0.25, 0.3) is 0 Å². The zero-order chi connectivity index (χ0) is 31.9. The summed E-state index contributed by atoms with van der Waals surface area (Å²) >= 11 is 12.7. The van der Waals surface area contributed by atoms with E-state index in [-0.39, 0.29) is 24.0 Å². The summed E-state index contributed by atoms with van der Waals surface area (Å²) in [5, 5.41) is 11.2. The summed E-state index contributed by atoms with van der Waals surface area (Å²) in [4.78, 5) is 33.5. The van der Waals surface area contributed by atoms with Gasteiger partial charge < -0.3 is 14.7 Å². The first-order chi connectivity index (χ1) is 20.8. The summed E-state index contributed by atoms with van der Waals surface area (Å²) in [5.41, 5.74) is -0.0659. The largest absolute Gasteiger partial charge is 0.477 e. The Balaban J connectivity index is 1.79. The van der Waals surface area contributed by atoms with Gasteiger partial charge in [0.2, 0.25) is 5.88 Å². The molecule has 2 aliphatic heterocycles. The van der Waals surface area contributed by atoms with E-state index in [2.05, 4.69) is 0 Å². The molecule has 8 nitrogen and oxygen atoms in total. The molecule has 5 rings (SSSR count). The number of carbonyl (C=O) groups excluding carboxylic acids is 1. The van der Waals surface area contributed by atoms with Crippen LogP contribution in [0.25, 0.3) is 0 Å². The van der Waals surface area contributed by atoms with Crippen molar-refractivity contribution in [2.45, 2.75) is 70.9 Å². The number of aliphatic hydroxyl groups excluding tert-OH is 1. The number of rotatable bonds is 6. The van der Waals surface area contributed by atoms with Gasteiger partial charge in [0, 0.05) is 41.4 Å². The number of ether oxygens (including phenoxy) is 1. The lowest BCUT2D eigenvalue weighted by atomic mass is 9.71. The number of piperidine rings is 1. The van der Waals surface area contributed by atoms with E-state index in [9.17, 15) is 9.90 Å². The number of benzene rings is 2. The van der Waals surface area contributed by atoms with Gasteiger partial charge in [0.05, 0.1) is 12.2 Å². The van der Waals surface area contributed by atoms with Crippen LogP contribution in [0.1, 0.15) is 76.9 Å². The van der Waals surface area contributed by atoms with Crippen molar-refractivity contribution >= 4 is 35.1 Å². The molecule has 3 heterocycles. The number of carbonyl (C=O) groups is 1. The minimum absolute atomic E-state index is 0.00789. The molecule has 1 N–H and O–H groups in total. The number of hydrogen-bond acceptors (Lipinski definition) is 6. The topological polar surface area (TPSA) is 91.2 Å². The van der Waals surface area contributed by atoms with E-state index in [1.807, 2.05) is 95.0 Å². The zero-order valence-electron chi connectivity index (χ0n) is 26.3. The van der Waals surface area contributed by atoms with Gasteiger partial charge in [-0.3, -0.25) is 9.89 Å². The van der Waals surface area contributed by atoms with Gasteiger partial charge in [-0.25, -0.2) is 9.78 Å². The van der Waals surface area contributed by atoms with Crippen molar-refractivity contribution in [2.75, 3.05) is 26.3 Å². The van der Waals surface area contributed by atoms with Crippen LogP contribution in [0, 0.1) is 5.92 Å². The molecule has 2 aliphatic rings. The monoisotopic (exact) mass is 637 g/mol. The van der Waals surface area contributed by atoms with Crippen LogP contribution in [0.5, 0.6) is 5.88 Å². The number of amidine groups is 1. The van der Waals surface area contributed by atoms with Crippen molar-refractivity contribution in [1.82, 2.24) is 19.8 Å². The maximum Gasteiger partial charge on any atom is 0.326 e. The fourth-order valence-corrected chi connectivity index (χ4v) is 6.48. The maximum absolute atomic E-state index is 14.9. The molecule has 1 saturated heterocycles. The highest BCUT2D eigenvalue weighted by Gasteiger charge is 2.60. The molecule has 0 bridgehead atoms. The molecule has 2 amide bonds. The van der Waals surface area contributed by atoms with Crippen LogP contribution in [0.4, 0.5) is 4.79 Å². The molecule has 234 valence electrons. The van der Waals surface area contributed by atoms with Crippen LogP contribution in [0.3, 0.4) is 0 Å². The van der Waals surface area contributed by atoms with E-state index in [1.165, 1.54) is 0 Å². The standard InChI is InChI=1S/C34H41Cl2N5O3/c1-7-44-29-27(19-37-30(38-29)32(2,3)4)28-39-33(5,23-10-14-25(35)15-11-23)34(6,24-12-16-26(36)17-13-24)41(28)31(43)40-18-8-9-22(20-40)21-42/h10-17,19,22,42H,7-9,18,20-21H2,1-6H3/t22?,33-,34+/m0/s1. The van der Waals surface area contributed by atoms with Crippen LogP contribution in [-0.4, -0.2) is 63.0 Å². The molecule has 1 fully saturated rings. The number of aliphatic hydroxyl groups is 1. The van der Waals surface area contributed by atoms with Crippen molar-refractivity contribution in [2.24, 2.45) is 10.9 Å². The van der Waals surface area contributed by atoms with E-state index in [0.717, 1.165) is 24.0 Å². The van der Waals surface area contributed by atoms with Gasteiger partial charge in [-0.15, -0.1) is 0 Å². The second kappa shape index (κ2) is 12.3. The van der Waals surface area contributed by atoms with Crippen LogP contribution in [0.2, 0.25) is 10.0 Å². The summed E-state index contributed by atoms with van der Waals surface area (Å²) in [5.74, 6) is 1.42. The SMILES string of the molecule is CCOc1nc(C(C)(C)C)ncc1C1=N[C@@](C)(c2ccc(Cl)cc2)[C@@](C)(c2ccc(Cl)cc2)N1C(=O)N1CCCC(CO)C1. The Morgan fingerprint density at radius 2 is 1.66 bits per heavy atom. The van der Waals surface area contributed by atoms with Crippen LogP contribution < -0.4 is 4.74 Å². The number of urea groups is 1. The lowest BCUT2D eigenvalue weighted by molar-refractivity contribution is 0.0836. The van der Waals surface area contributed by atoms with Crippen LogP contribution in [0.15, 0.2) is 59.7 Å². The second-order valence-electron chi connectivity index (χ2n) is 12.9. The average molecular weight is 639 g/mol. The predicted octanol–water partition coefficient (Wildman–Crippen LogP) is 7.20. The van der Waals surface area contributed by atoms with Crippen molar-refractivity contribution in [3.63, 3.8) is 0 Å². The first-order valence-electron chi connectivity index (χ1n) is 15.2. The molecular weight excluding hydrogens is 597 g/mol. The summed E-state index contributed by atoms with van der Waals surface area (Å²) in [6, 6.07) is 14.9. The van der Waals surface area contributed by atoms with Crippen molar-refractivity contribution < 1.29 is 14.6 Å². The fraction of sp³-hybridized carbons (Fsp3) is 0.471. The third kappa shape index (κ3) is 5.68. The van der Waals surface area contributed by atoms with Gasteiger partial charge in [0.1, 0.15) is 22.7 Å². The highest BCUT2D eigenvalue weighted by atomic mass is 35.5. The molecular formula is C34H41Cl2N5O3. The smallest absolute Gasteiger partial charge is 0.326 e. The molecule has 3 atom stereocenters. The van der Waals surface area contributed by atoms with Crippen molar-refractivity contribution in [3.8, 4) is 5.88 Å². The van der Waals surface area contributed by atoms with E-state index in [0.29, 0.717) is 52.8 Å². The van der Waals surface area contributed by atoms with Crippen molar-refractivity contribution in [3.05, 3.63) is 87.3 Å². The minimum Gasteiger partial charge on any atom is -0.477 e. The Kier molecular flexibility index (Phi) is 9.00. The average Bonchev–Trinajstić information content (AvgIpc) is 3.25. The molecule has 1 aromatic heterocycles. The first-order valence-corrected chi connectivity index (χ1v) is 15.9. The minimum atomic E-state index is -1.03. The van der Waals surface area contributed by atoms with E-state index < -0.39 is 11.1 Å². The normalized spacial score (nSPS) is 23.9. The molecule has 2 aromatic carbocycles. The number of aliphatic imine (C=N–C) groups is 1. The Morgan fingerprint density at radius 1 is 1.05 bits per heavy atom. The third-order valence-corrected chi connectivity index (χ3v) is 9.44. The van der Waals surface area contributed by atoms with Gasteiger partial charge in [-0.2, -0.15) is 4.98 Å². The Morgan fingerprint density at radius 3 is 2.23 bits per heavy atom. The second-order valence-corrected chi connectivity index (χ2v) is 13.8. The highest BCUT2D eigenvalue weighted by Crippen LogP contribution is 2.54. The quantitative estimate of drug-likeness (QED) is 0.309. The Labute approximate surface area is 270 Å². The Hall–Kier alpha value is -3.20. The van der Waals surface area contributed by atoms with Crippen LogP contribution >= 0.6 is 23.2 Å². The number of amides is 2. The molecule has 0 spiro atoms. The maximum atomic E-state index is 14.9. The number of likely N-dealkylation sites (tertiary alicyclic amines) is 1. The van der Waals surface area contributed by atoms with E-state index in [4.69, 9.17) is 42.9 Å².